The SMILES string of the molecule is COC(=O)N[C@H](C(=O)N1CCC[C@H]1C(=O)Nc1ccc([C@@H]2CC[C@@H](c3ccc(NC(=O)[C@@H]4CCCN4C(=O)[C@@H](NC(=O)OC)[C@@H](C)OC)cc3)N2c2cc(F)c(N3CC[Si](C)(C)CC3)c(F)c2)cc1)[C@@H](C)OC. The van der Waals surface area contributed by atoms with Crippen LogP contribution in [0.4, 0.5) is 41.1 Å². The number of carbonyl (C=O) groups is 6. The molecule has 396 valence electrons. The average molecular weight is 1030 g/mol. The Morgan fingerprint density at radius 3 is 1.37 bits per heavy atom. The molecule has 21 heteroatoms. The minimum atomic E-state index is -1.43. The van der Waals surface area contributed by atoms with Crippen LogP contribution in [0, 0.1) is 11.6 Å². The summed E-state index contributed by atoms with van der Waals surface area (Å²) in [4.78, 5) is 86.0. The van der Waals surface area contributed by atoms with Crippen molar-refractivity contribution in [3.8, 4) is 0 Å². The van der Waals surface area contributed by atoms with E-state index in [1.807, 2.05) is 34.1 Å². The third-order valence-corrected chi connectivity index (χ3v) is 18.2. The van der Waals surface area contributed by atoms with Crippen molar-refractivity contribution >= 4 is 66.6 Å². The van der Waals surface area contributed by atoms with Gasteiger partial charge in [0.05, 0.1) is 46.6 Å². The van der Waals surface area contributed by atoms with Crippen molar-refractivity contribution in [3.63, 3.8) is 0 Å². The first-order valence-corrected chi connectivity index (χ1v) is 28.5. The van der Waals surface area contributed by atoms with Crippen LogP contribution in [-0.4, -0.2) is 145 Å². The number of ether oxygens (including phenoxy) is 4. The number of nitrogens with one attached hydrogen (secondary N) is 4. The first kappa shape index (κ1) is 54.5. The summed E-state index contributed by atoms with van der Waals surface area (Å²) in [6, 6.07) is 14.9. The molecule has 6 amide bonds. The number of amides is 6. The van der Waals surface area contributed by atoms with Crippen LogP contribution >= 0.6 is 0 Å². The fraction of sp³-hybridized carbons (Fsp3) is 0.538. The summed E-state index contributed by atoms with van der Waals surface area (Å²) in [5, 5.41) is 11.0. The van der Waals surface area contributed by atoms with E-state index in [0.717, 1.165) is 23.2 Å². The zero-order valence-electron chi connectivity index (χ0n) is 43.0. The van der Waals surface area contributed by atoms with Crippen molar-refractivity contribution in [2.45, 2.75) is 126 Å². The maximum absolute atomic E-state index is 16.4. The molecule has 0 bridgehead atoms. The number of benzene rings is 3. The molecule has 0 unspecified atom stereocenters. The molecule has 18 nitrogen and oxygen atoms in total. The zero-order chi connectivity index (χ0) is 52.7. The molecule has 7 rings (SSSR count). The highest BCUT2D eigenvalue weighted by Gasteiger charge is 2.43. The minimum Gasteiger partial charge on any atom is -0.453 e. The highest BCUT2D eigenvalue weighted by Crippen LogP contribution is 2.48. The number of methoxy groups -OCH3 is 4. The molecule has 4 aliphatic heterocycles. The predicted molar refractivity (Wildman–Crippen MR) is 274 cm³/mol. The summed E-state index contributed by atoms with van der Waals surface area (Å²) in [6.45, 7) is 9.71. The molecular formula is C52H70F2N8O10Si. The molecule has 0 aliphatic carbocycles. The van der Waals surface area contributed by atoms with Gasteiger partial charge in [0.2, 0.25) is 23.6 Å². The quantitative estimate of drug-likeness (QED) is 0.108. The van der Waals surface area contributed by atoms with Gasteiger partial charge in [0.1, 0.15) is 29.9 Å². The topological polar surface area (TPSA) is 200 Å². The molecule has 0 radical (unpaired) electrons. The molecule has 4 heterocycles. The normalized spacial score (nSPS) is 22.2. The predicted octanol–water partition coefficient (Wildman–Crippen LogP) is 6.95. The summed E-state index contributed by atoms with van der Waals surface area (Å²) >= 11 is 0. The number of halogens is 2. The zero-order valence-corrected chi connectivity index (χ0v) is 44.0. The van der Waals surface area contributed by atoms with Gasteiger partial charge in [-0.25, -0.2) is 18.4 Å². The Hall–Kier alpha value is -6.32. The molecule has 0 saturated carbocycles. The van der Waals surface area contributed by atoms with Crippen molar-refractivity contribution in [3.05, 3.63) is 83.4 Å². The van der Waals surface area contributed by atoms with Gasteiger partial charge in [-0.15, -0.1) is 0 Å². The molecule has 4 aliphatic rings. The van der Waals surface area contributed by atoms with E-state index in [4.69, 9.17) is 18.9 Å². The Morgan fingerprint density at radius 2 is 1.00 bits per heavy atom. The smallest absolute Gasteiger partial charge is 0.407 e. The number of carbonyl (C=O) groups excluding carboxylic acids is 6. The Balaban J connectivity index is 1.11. The standard InChI is InChI=1S/C52H70F2N8O10Si/c1-31(69-3)44(57-51(67)71-5)49(65)60-23-9-11-42(60)47(63)55-35-17-13-33(14-18-35)40-21-22-41(62(40)37-29-38(53)46(39(54)30-37)59-25-27-73(7,8)28-26-59)34-15-19-36(20-16-34)56-48(64)43-12-10-24-61(43)50(66)45(32(2)70-4)58-52(68)72-6/h13-20,29-32,40-45H,9-12,21-28H2,1-8H3,(H,55,63)(H,56,64)(H,57,67)(H,58,68)/t31-,32-,40+,41+,42+,43+,44+,45+/m1/s1. The molecule has 3 aromatic rings. The lowest BCUT2D eigenvalue weighted by molar-refractivity contribution is -0.141. The van der Waals surface area contributed by atoms with E-state index in [0.29, 0.717) is 81.8 Å². The molecule has 8 atom stereocenters. The highest BCUT2D eigenvalue weighted by molar-refractivity contribution is 6.77. The van der Waals surface area contributed by atoms with Crippen LogP contribution in [0.1, 0.15) is 75.6 Å². The van der Waals surface area contributed by atoms with Crippen molar-refractivity contribution < 1.29 is 56.5 Å². The number of hydrogen-bond donors (Lipinski definition) is 4. The summed E-state index contributed by atoms with van der Waals surface area (Å²) < 4.78 is 53.0. The van der Waals surface area contributed by atoms with E-state index < -0.39 is 80.1 Å². The summed E-state index contributed by atoms with van der Waals surface area (Å²) in [5.41, 5.74) is 3.03. The molecule has 4 N–H and O–H groups in total. The van der Waals surface area contributed by atoms with Crippen LogP contribution in [0.3, 0.4) is 0 Å². The van der Waals surface area contributed by atoms with E-state index in [9.17, 15) is 28.8 Å². The van der Waals surface area contributed by atoms with Crippen molar-refractivity contribution in [1.82, 2.24) is 20.4 Å². The average Bonchev–Trinajstić information content (AvgIpc) is 4.18. The molecule has 0 aromatic heterocycles. The number of likely N-dealkylation sites (tertiary alicyclic amines) is 2. The largest absolute Gasteiger partial charge is 0.453 e. The number of alkyl carbamates (subject to hydrolysis) is 2. The van der Waals surface area contributed by atoms with Gasteiger partial charge in [-0.05, 0) is 112 Å². The number of nitrogens with zero attached hydrogens (tertiary/aromatic N) is 4. The lowest BCUT2D eigenvalue weighted by Crippen LogP contribution is -2.56. The van der Waals surface area contributed by atoms with Crippen LogP contribution in [0.5, 0.6) is 0 Å². The Labute approximate surface area is 426 Å². The third kappa shape index (κ3) is 12.4. The van der Waals surface area contributed by atoms with E-state index in [2.05, 4.69) is 34.4 Å². The van der Waals surface area contributed by atoms with Crippen LogP contribution in [0.2, 0.25) is 25.2 Å². The van der Waals surface area contributed by atoms with Crippen LogP contribution in [0.25, 0.3) is 0 Å². The van der Waals surface area contributed by atoms with Gasteiger partial charge in [0.15, 0.2) is 11.6 Å². The van der Waals surface area contributed by atoms with Gasteiger partial charge in [0, 0.05) is 57.5 Å². The number of anilines is 4. The fourth-order valence-electron chi connectivity index (χ4n) is 10.6. The van der Waals surface area contributed by atoms with Gasteiger partial charge < -0.3 is 59.8 Å². The molecule has 4 saturated heterocycles. The first-order valence-electron chi connectivity index (χ1n) is 25.1. The Kier molecular flexibility index (Phi) is 17.7. The first-order chi connectivity index (χ1) is 34.9. The van der Waals surface area contributed by atoms with Gasteiger partial charge >= 0.3 is 12.2 Å². The lowest BCUT2D eigenvalue weighted by atomic mass is 10.0. The van der Waals surface area contributed by atoms with Gasteiger partial charge in [-0.2, -0.15) is 0 Å². The summed E-state index contributed by atoms with van der Waals surface area (Å²) in [6.07, 6.45) is 0.252. The highest BCUT2D eigenvalue weighted by atomic mass is 28.3. The van der Waals surface area contributed by atoms with Crippen LogP contribution < -0.4 is 31.1 Å². The van der Waals surface area contributed by atoms with Crippen molar-refractivity contribution in [2.24, 2.45) is 0 Å². The summed E-state index contributed by atoms with van der Waals surface area (Å²) in [7, 11) is 3.81. The van der Waals surface area contributed by atoms with Crippen molar-refractivity contribution in [2.75, 3.05) is 75.1 Å². The van der Waals surface area contributed by atoms with E-state index >= 15 is 8.78 Å². The second-order valence-electron chi connectivity index (χ2n) is 20.1. The molecule has 0 spiro atoms. The lowest BCUT2D eigenvalue weighted by Gasteiger charge is -2.38. The second kappa shape index (κ2) is 23.7. The fourth-order valence-corrected chi connectivity index (χ4v) is 12.6. The van der Waals surface area contributed by atoms with Gasteiger partial charge in [0.25, 0.3) is 0 Å². The molecule has 4 fully saturated rings. The maximum Gasteiger partial charge on any atom is 0.407 e. The number of hydrogen-bond acceptors (Lipinski definition) is 12. The molecular weight excluding hydrogens is 963 g/mol. The number of rotatable bonds is 16. The van der Waals surface area contributed by atoms with Gasteiger partial charge in [-0.1, -0.05) is 37.4 Å². The monoisotopic (exact) mass is 1030 g/mol. The van der Waals surface area contributed by atoms with Gasteiger partial charge in [-0.3, -0.25) is 19.2 Å². The van der Waals surface area contributed by atoms with Crippen molar-refractivity contribution in [1.29, 1.82) is 0 Å². The van der Waals surface area contributed by atoms with Crippen LogP contribution in [-0.2, 0) is 38.1 Å². The molecule has 3 aromatic carbocycles. The Morgan fingerprint density at radius 1 is 0.603 bits per heavy atom. The third-order valence-electron chi connectivity index (χ3n) is 15.1. The Bertz CT molecular complexity index is 2330. The van der Waals surface area contributed by atoms with E-state index in [1.54, 1.807) is 38.1 Å². The van der Waals surface area contributed by atoms with E-state index in [1.165, 1.54) is 50.4 Å². The minimum absolute atomic E-state index is 0.0160. The molecule has 73 heavy (non-hydrogen) atoms. The summed E-state index contributed by atoms with van der Waals surface area (Å²) in [5.74, 6) is -2.98. The second-order valence-corrected chi connectivity index (χ2v) is 25.5. The van der Waals surface area contributed by atoms with E-state index in [-0.39, 0.29) is 29.6 Å². The maximum atomic E-state index is 16.4. The van der Waals surface area contributed by atoms with Crippen LogP contribution in [0.15, 0.2) is 60.7 Å².